The van der Waals surface area contributed by atoms with E-state index >= 15 is 0 Å². The lowest BCUT2D eigenvalue weighted by molar-refractivity contribution is -0.121. The molecule has 2 N–H and O–H groups in total. The highest BCUT2D eigenvalue weighted by molar-refractivity contribution is 7.90. The second kappa shape index (κ2) is 5.26. The van der Waals surface area contributed by atoms with Crippen LogP contribution in [0.2, 0.25) is 5.02 Å². The molecule has 1 saturated heterocycles. The van der Waals surface area contributed by atoms with Gasteiger partial charge in [0.25, 0.3) is 15.9 Å². The Labute approximate surface area is 111 Å². The van der Waals surface area contributed by atoms with Gasteiger partial charge in [0.15, 0.2) is 0 Å². The third-order valence-corrected chi connectivity index (χ3v) is 4.35. The van der Waals surface area contributed by atoms with Gasteiger partial charge in [0.2, 0.25) is 0 Å². The largest absolute Gasteiger partial charge is 0.306 e. The molecule has 1 aromatic rings. The Bertz CT molecular complexity index is 536. The Morgan fingerprint density at radius 1 is 1.33 bits per heavy atom. The monoisotopic (exact) mass is 288 g/mol. The van der Waals surface area contributed by atoms with Crippen LogP contribution in [-0.4, -0.2) is 26.9 Å². The number of amides is 1. The van der Waals surface area contributed by atoms with Gasteiger partial charge < -0.3 is 5.32 Å². The van der Waals surface area contributed by atoms with Gasteiger partial charge in [-0.25, -0.2) is 13.1 Å². The minimum atomic E-state index is -3.81. The zero-order valence-corrected chi connectivity index (χ0v) is 11.1. The van der Waals surface area contributed by atoms with Gasteiger partial charge in [0.1, 0.15) is 0 Å². The standard InChI is InChI=1S/C11H13ClN2O3S/c12-8-3-5-9(6-4-8)18(16,17)14-11(15)10-2-1-7-13-10/h3-6,10,13H,1-2,7H2,(H,14,15)/t10-/m0/s1. The van der Waals surface area contributed by atoms with E-state index in [0.717, 1.165) is 13.0 Å². The van der Waals surface area contributed by atoms with Crippen LogP contribution < -0.4 is 10.0 Å². The van der Waals surface area contributed by atoms with Crippen molar-refractivity contribution in [3.05, 3.63) is 29.3 Å². The molecule has 0 unspecified atom stereocenters. The molecule has 0 bridgehead atoms. The highest BCUT2D eigenvalue weighted by Gasteiger charge is 2.26. The van der Waals surface area contributed by atoms with Crippen LogP contribution in [0.3, 0.4) is 0 Å². The van der Waals surface area contributed by atoms with E-state index in [1.165, 1.54) is 24.3 Å². The number of hydrogen-bond donors (Lipinski definition) is 2. The molecule has 18 heavy (non-hydrogen) atoms. The van der Waals surface area contributed by atoms with Crippen molar-refractivity contribution in [2.45, 2.75) is 23.8 Å². The van der Waals surface area contributed by atoms with Crippen LogP contribution in [0.5, 0.6) is 0 Å². The second-order valence-electron chi connectivity index (χ2n) is 4.07. The van der Waals surface area contributed by atoms with Crippen molar-refractivity contribution in [1.29, 1.82) is 0 Å². The van der Waals surface area contributed by atoms with Crippen molar-refractivity contribution in [1.82, 2.24) is 10.0 Å². The average molecular weight is 289 g/mol. The lowest BCUT2D eigenvalue weighted by atomic mass is 10.2. The number of halogens is 1. The quantitative estimate of drug-likeness (QED) is 0.866. The maximum Gasteiger partial charge on any atom is 0.264 e. The van der Waals surface area contributed by atoms with Crippen molar-refractivity contribution in [3.63, 3.8) is 0 Å². The summed E-state index contributed by atoms with van der Waals surface area (Å²) >= 11 is 5.68. The molecule has 0 radical (unpaired) electrons. The molecule has 1 atom stereocenters. The summed E-state index contributed by atoms with van der Waals surface area (Å²) in [6.07, 6.45) is 1.53. The van der Waals surface area contributed by atoms with Gasteiger partial charge in [-0.05, 0) is 43.7 Å². The van der Waals surface area contributed by atoms with E-state index in [-0.39, 0.29) is 4.90 Å². The van der Waals surface area contributed by atoms with E-state index in [2.05, 4.69) is 10.0 Å². The van der Waals surface area contributed by atoms with E-state index in [1.807, 2.05) is 0 Å². The van der Waals surface area contributed by atoms with E-state index in [4.69, 9.17) is 11.6 Å². The molecule has 0 saturated carbocycles. The fourth-order valence-corrected chi connectivity index (χ4v) is 2.93. The van der Waals surface area contributed by atoms with Crippen molar-refractivity contribution in [3.8, 4) is 0 Å². The molecule has 0 spiro atoms. The zero-order chi connectivity index (χ0) is 13.2. The minimum Gasteiger partial charge on any atom is -0.306 e. The van der Waals surface area contributed by atoms with Crippen LogP contribution in [0.4, 0.5) is 0 Å². The van der Waals surface area contributed by atoms with Crippen molar-refractivity contribution < 1.29 is 13.2 Å². The minimum absolute atomic E-state index is 0.0262. The van der Waals surface area contributed by atoms with Gasteiger partial charge >= 0.3 is 0 Å². The Kier molecular flexibility index (Phi) is 3.89. The highest BCUT2D eigenvalue weighted by Crippen LogP contribution is 2.14. The molecule has 7 heteroatoms. The molecule has 1 heterocycles. The highest BCUT2D eigenvalue weighted by atomic mass is 35.5. The molecule has 1 aliphatic rings. The summed E-state index contributed by atoms with van der Waals surface area (Å²) in [5.41, 5.74) is 0. The predicted octanol–water partition coefficient (Wildman–Crippen LogP) is 0.897. The summed E-state index contributed by atoms with van der Waals surface area (Å²) in [6, 6.07) is 5.23. The Morgan fingerprint density at radius 2 is 2.00 bits per heavy atom. The molecule has 1 amide bonds. The van der Waals surface area contributed by atoms with Crippen LogP contribution in [0.25, 0.3) is 0 Å². The predicted molar refractivity (Wildman–Crippen MR) is 67.8 cm³/mol. The fraction of sp³-hybridized carbons (Fsp3) is 0.364. The molecule has 1 aliphatic heterocycles. The van der Waals surface area contributed by atoms with Gasteiger partial charge in [-0.1, -0.05) is 11.6 Å². The van der Waals surface area contributed by atoms with Gasteiger partial charge in [0, 0.05) is 5.02 Å². The van der Waals surface area contributed by atoms with Gasteiger partial charge in [-0.3, -0.25) is 4.79 Å². The number of benzene rings is 1. The van der Waals surface area contributed by atoms with Crippen LogP contribution >= 0.6 is 11.6 Å². The third kappa shape index (κ3) is 3.01. The maximum atomic E-state index is 11.9. The lowest BCUT2D eigenvalue weighted by Crippen LogP contribution is -2.43. The molecule has 2 rings (SSSR count). The lowest BCUT2D eigenvalue weighted by Gasteiger charge is -2.11. The summed E-state index contributed by atoms with van der Waals surface area (Å²) in [6.45, 7) is 0.735. The van der Waals surface area contributed by atoms with Crippen molar-refractivity contribution in [2.75, 3.05) is 6.54 Å². The number of sulfonamides is 1. The van der Waals surface area contributed by atoms with Crippen LogP contribution in [-0.2, 0) is 14.8 Å². The summed E-state index contributed by atoms with van der Waals surface area (Å²) in [5, 5.41) is 3.38. The third-order valence-electron chi connectivity index (χ3n) is 2.74. The average Bonchev–Trinajstić information content (AvgIpc) is 2.82. The molecular weight excluding hydrogens is 276 g/mol. The SMILES string of the molecule is O=C(NS(=O)(=O)c1ccc(Cl)cc1)[C@@H]1CCCN1. The first-order valence-electron chi connectivity index (χ1n) is 5.55. The first kappa shape index (κ1) is 13.3. The first-order valence-corrected chi connectivity index (χ1v) is 7.41. The van der Waals surface area contributed by atoms with E-state index in [0.29, 0.717) is 11.4 Å². The van der Waals surface area contributed by atoms with Crippen molar-refractivity contribution >= 4 is 27.5 Å². The molecule has 98 valence electrons. The normalized spacial score (nSPS) is 19.7. The Hall–Kier alpha value is -1.11. The van der Waals surface area contributed by atoms with Gasteiger partial charge in [-0.15, -0.1) is 0 Å². The van der Waals surface area contributed by atoms with Crippen LogP contribution in [0.1, 0.15) is 12.8 Å². The molecule has 1 aromatic carbocycles. The summed E-state index contributed by atoms with van der Waals surface area (Å²) in [7, 11) is -3.81. The summed E-state index contributed by atoms with van der Waals surface area (Å²) in [5.74, 6) is -0.512. The molecule has 0 aromatic heterocycles. The van der Waals surface area contributed by atoms with E-state index in [1.54, 1.807) is 0 Å². The zero-order valence-electron chi connectivity index (χ0n) is 9.52. The van der Waals surface area contributed by atoms with E-state index in [9.17, 15) is 13.2 Å². The second-order valence-corrected chi connectivity index (χ2v) is 6.19. The fourth-order valence-electron chi connectivity index (χ4n) is 1.78. The summed E-state index contributed by atoms with van der Waals surface area (Å²) in [4.78, 5) is 11.7. The van der Waals surface area contributed by atoms with Crippen LogP contribution in [0.15, 0.2) is 29.2 Å². The molecule has 0 aliphatic carbocycles. The number of carbonyl (C=O) groups excluding carboxylic acids is 1. The van der Waals surface area contributed by atoms with Crippen molar-refractivity contribution in [2.24, 2.45) is 0 Å². The maximum absolute atomic E-state index is 11.9. The van der Waals surface area contributed by atoms with Gasteiger partial charge in [0.05, 0.1) is 10.9 Å². The number of hydrogen-bond acceptors (Lipinski definition) is 4. The number of nitrogens with one attached hydrogen (secondary N) is 2. The first-order chi connectivity index (χ1) is 8.49. The Morgan fingerprint density at radius 3 is 2.56 bits per heavy atom. The number of rotatable bonds is 3. The van der Waals surface area contributed by atoms with E-state index < -0.39 is 22.0 Å². The molecular formula is C11H13ClN2O3S. The topological polar surface area (TPSA) is 75.3 Å². The Balaban J connectivity index is 2.11. The smallest absolute Gasteiger partial charge is 0.264 e. The summed E-state index contributed by atoms with van der Waals surface area (Å²) < 4.78 is 25.9. The molecule has 5 nitrogen and oxygen atoms in total. The molecule has 1 fully saturated rings. The van der Waals surface area contributed by atoms with Gasteiger partial charge in [-0.2, -0.15) is 0 Å². The van der Waals surface area contributed by atoms with Crippen LogP contribution in [0, 0.1) is 0 Å². The number of carbonyl (C=O) groups is 1.